The summed E-state index contributed by atoms with van der Waals surface area (Å²) in [5.41, 5.74) is 1.76. The van der Waals surface area contributed by atoms with E-state index in [0.29, 0.717) is 19.4 Å². The average Bonchev–Trinajstić information content (AvgIpc) is 2.14. The molecule has 2 amide bonds. The molecule has 0 aliphatic heterocycles. The molecule has 0 aromatic heterocycles. The molecule has 0 radical (unpaired) electrons. The summed E-state index contributed by atoms with van der Waals surface area (Å²) in [6, 6.07) is 0. The topological polar surface area (TPSA) is 76.7 Å². The first-order chi connectivity index (χ1) is 8.24. The molecule has 0 fully saturated rings. The van der Waals surface area contributed by atoms with Crippen LogP contribution >= 0.6 is 0 Å². The molecule has 2 N–H and O–H groups in total. The molecule has 0 aliphatic rings. The number of hydrogen-bond donors (Lipinski definition) is 2. The van der Waals surface area contributed by atoms with E-state index in [1.165, 1.54) is 7.11 Å². The molecule has 6 nitrogen and oxygen atoms in total. The number of nitrogens with one attached hydrogen (secondary N) is 2. The van der Waals surface area contributed by atoms with Crippen molar-refractivity contribution in [3.8, 4) is 0 Å². The van der Waals surface area contributed by atoms with Crippen LogP contribution < -0.4 is 10.8 Å². The Kier molecular flexibility index (Phi) is 7.35. The lowest BCUT2D eigenvalue weighted by Crippen LogP contribution is -2.33. The van der Waals surface area contributed by atoms with Gasteiger partial charge >= 0.3 is 6.09 Å². The minimum absolute atomic E-state index is 0.162. The molecule has 0 rings (SSSR count). The van der Waals surface area contributed by atoms with E-state index in [9.17, 15) is 9.59 Å². The van der Waals surface area contributed by atoms with Crippen molar-refractivity contribution in [2.24, 2.45) is 5.92 Å². The van der Waals surface area contributed by atoms with Gasteiger partial charge in [-0.05, 0) is 33.1 Å². The highest BCUT2D eigenvalue weighted by atomic mass is 16.6. The monoisotopic (exact) mass is 260 g/mol. The highest BCUT2D eigenvalue weighted by molar-refractivity contribution is 5.74. The summed E-state index contributed by atoms with van der Waals surface area (Å²) in [6.07, 6.45) is 0.635. The number of carbonyl (C=O) groups excluding carboxylic acids is 2. The Morgan fingerprint density at radius 2 is 1.89 bits per heavy atom. The van der Waals surface area contributed by atoms with Crippen LogP contribution in [-0.4, -0.2) is 31.3 Å². The van der Waals surface area contributed by atoms with Crippen LogP contribution in [0.3, 0.4) is 0 Å². The zero-order chi connectivity index (χ0) is 14.2. The summed E-state index contributed by atoms with van der Waals surface area (Å²) in [6.45, 7) is 7.85. The van der Waals surface area contributed by atoms with Gasteiger partial charge in [0.25, 0.3) is 0 Å². The minimum Gasteiger partial charge on any atom is -0.444 e. The normalized spacial score (nSPS) is 12.7. The quantitative estimate of drug-likeness (QED) is 0.711. The molecule has 0 spiro atoms. The smallest absolute Gasteiger partial charge is 0.407 e. The second kappa shape index (κ2) is 7.92. The maximum atomic E-state index is 11.3. The fourth-order valence-electron chi connectivity index (χ4n) is 1.31. The molecule has 18 heavy (non-hydrogen) atoms. The molecule has 0 saturated carbocycles. The Morgan fingerprint density at radius 3 is 2.39 bits per heavy atom. The van der Waals surface area contributed by atoms with Crippen LogP contribution in [-0.2, 0) is 14.4 Å². The van der Waals surface area contributed by atoms with Crippen molar-refractivity contribution in [3.05, 3.63) is 0 Å². The highest BCUT2D eigenvalue weighted by Gasteiger charge is 2.16. The van der Waals surface area contributed by atoms with Crippen LogP contribution in [0.4, 0.5) is 4.79 Å². The van der Waals surface area contributed by atoms with Crippen LogP contribution in [0.25, 0.3) is 0 Å². The van der Waals surface area contributed by atoms with Gasteiger partial charge in [-0.2, -0.15) is 0 Å². The van der Waals surface area contributed by atoms with Gasteiger partial charge in [-0.3, -0.25) is 9.63 Å². The number of rotatable bonds is 6. The van der Waals surface area contributed by atoms with Crippen LogP contribution in [0.1, 0.15) is 40.5 Å². The largest absolute Gasteiger partial charge is 0.444 e. The van der Waals surface area contributed by atoms with Gasteiger partial charge in [0.2, 0.25) is 5.91 Å². The van der Waals surface area contributed by atoms with Crippen molar-refractivity contribution in [3.63, 3.8) is 0 Å². The summed E-state index contributed by atoms with van der Waals surface area (Å²) < 4.78 is 5.09. The maximum Gasteiger partial charge on any atom is 0.407 e. The molecule has 0 aliphatic carbocycles. The lowest BCUT2D eigenvalue weighted by molar-refractivity contribution is -0.132. The van der Waals surface area contributed by atoms with E-state index >= 15 is 0 Å². The summed E-state index contributed by atoms with van der Waals surface area (Å²) in [4.78, 5) is 27.0. The van der Waals surface area contributed by atoms with E-state index in [2.05, 4.69) is 15.6 Å². The van der Waals surface area contributed by atoms with E-state index in [1.54, 1.807) is 0 Å². The van der Waals surface area contributed by atoms with Gasteiger partial charge in [0.15, 0.2) is 0 Å². The molecule has 6 heteroatoms. The molecule has 0 aromatic rings. The lowest BCUT2D eigenvalue weighted by Gasteiger charge is -2.20. The van der Waals surface area contributed by atoms with E-state index in [0.717, 1.165) is 0 Å². The number of alkyl carbamates (subject to hydrolysis) is 1. The first-order valence-corrected chi connectivity index (χ1v) is 6.03. The fourth-order valence-corrected chi connectivity index (χ4v) is 1.31. The van der Waals surface area contributed by atoms with Gasteiger partial charge in [-0.25, -0.2) is 10.3 Å². The lowest BCUT2D eigenvalue weighted by atomic mass is 10.0. The van der Waals surface area contributed by atoms with Gasteiger partial charge in [-0.15, -0.1) is 0 Å². The van der Waals surface area contributed by atoms with Crippen molar-refractivity contribution in [1.29, 1.82) is 0 Å². The third-order valence-corrected chi connectivity index (χ3v) is 2.06. The molecule has 106 valence electrons. The number of amides is 2. The first kappa shape index (κ1) is 16.7. The van der Waals surface area contributed by atoms with Crippen molar-refractivity contribution < 1.29 is 19.2 Å². The molecule has 0 heterocycles. The van der Waals surface area contributed by atoms with Gasteiger partial charge < -0.3 is 10.1 Å². The van der Waals surface area contributed by atoms with Crippen LogP contribution in [0, 0.1) is 5.92 Å². The predicted octanol–water partition coefficient (Wildman–Crippen LogP) is 1.60. The number of ether oxygens (including phenoxy) is 1. The fraction of sp³-hybridized carbons (Fsp3) is 0.833. The second-order valence-electron chi connectivity index (χ2n) is 5.26. The SMILES string of the molecule is CONC(=O)C[C@@H](C)CCNC(=O)OC(C)(C)C. The predicted molar refractivity (Wildman–Crippen MR) is 67.8 cm³/mol. The molecule has 0 unspecified atom stereocenters. The highest BCUT2D eigenvalue weighted by Crippen LogP contribution is 2.08. The number of hydroxylamine groups is 1. The Balaban J connectivity index is 3.71. The second-order valence-corrected chi connectivity index (χ2v) is 5.26. The van der Waals surface area contributed by atoms with Crippen molar-refractivity contribution in [2.45, 2.75) is 46.1 Å². The molecule has 0 saturated heterocycles. The summed E-state index contributed by atoms with van der Waals surface area (Å²) in [7, 11) is 1.40. The van der Waals surface area contributed by atoms with Crippen molar-refractivity contribution >= 4 is 12.0 Å². The van der Waals surface area contributed by atoms with E-state index < -0.39 is 11.7 Å². The van der Waals surface area contributed by atoms with E-state index in [-0.39, 0.29) is 11.8 Å². The molecular weight excluding hydrogens is 236 g/mol. The Bertz CT molecular complexity index is 274. The average molecular weight is 260 g/mol. The van der Waals surface area contributed by atoms with Crippen LogP contribution in [0.5, 0.6) is 0 Å². The van der Waals surface area contributed by atoms with Crippen molar-refractivity contribution in [2.75, 3.05) is 13.7 Å². The van der Waals surface area contributed by atoms with E-state index in [1.807, 2.05) is 27.7 Å². The Labute approximate surface area is 108 Å². The Hall–Kier alpha value is -1.30. The zero-order valence-electron chi connectivity index (χ0n) is 11.8. The van der Waals surface area contributed by atoms with Gasteiger partial charge in [-0.1, -0.05) is 6.92 Å². The van der Waals surface area contributed by atoms with Crippen molar-refractivity contribution in [1.82, 2.24) is 10.8 Å². The summed E-state index contributed by atoms with van der Waals surface area (Å²) >= 11 is 0. The van der Waals surface area contributed by atoms with Gasteiger partial charge in [0, 0.05) is 13.0 Å². The molecule has 0 aromatic carbocycles. The number of hydrogen-bond acceptors (Lipinski definition) is 4. The summed E-state index contributed by atoms with van der Waals surface area (Å²) in [5.74, 6) is -0.00245. The number of carbonyl (C=O) groups is 2. The Morgan fingerprint density at radius 1 is 1.28 bits per heavy atom. The maximum absolute atomic E-state index is 11.3. The van der Waals surface area contributed by atoms with Crippen LogP contribution in [0.2, 0.25) is 0 Å². The minimum atomic E-state index is -0.492. The van der Waals surface area contributed by atoms with Crippen LogP contribution in [0.15, 0.2) is 0 Å². The molecule has 0 bridgehead atoms. The van der Waals surface area contributed by atoms with E-state index in [4.69, 9.17) is 4.74 Å². The standard InChI is InChI=1S/C12H24N2O4/c1-9(8-10(15)14-17-5)6-7-13-11(16)18-12(2,3)4/h9H,6-8H2,1-5H3,(H,13,16)(H,14,15)/t9-/m0/s1. The third kappa shape index (κ3) is 9.89. The van der Waals surface area contributed by atoms with Gasteiger partial charge in [0.1, 0.15) is 5.60 Å². The third-order valence-electron chi connectivity index (χ3n) is 2.06. The van der Waals surface area contributed by atoms with Gasteiger partial charge in [0.05, 0.1) is 7.11 Å². The molecule has 1 atom stereocenters. The molecular formula is C12H24N2O4. The zero-order valence-corrected chi connectivity index (χ0v) is 11.8. The first-order valence-electron chi connectivity index (χ1n) is 6.03. The summed E-state index contributed by atoms with van der Waals surface area (Å²) in [5, 5.41) is 2.65.